The Morgan fingerprint density at radius 1 is 1.20 bits per heavy atom. The van der Waals surface area contributed by atoms with Gasteiger partial charge in [0.05, 0.1) is 17.9 Å². The predicted molar refractivity (Wildman–Crippen MR) is 80.2 cm³/mol. The molecule has 1 heterocycles. The van der Waals surface area contributed by atoms with Crippen molar-refractivity contribution in [2.75, 3.05) is 6.61 Å². The Labute approximate surface area is 124 Å². The number of ether oxygens (including phenoxy) is 1. The van der Waals surface area contributed by atoms with E-state index in [-0.39, 0.29) is 24.6 Å². The van der Waals surface area contributed by atoms with Gasteiger partial charge in [0.25, 0.3) is 0 Å². The van der Waals surface area contributed by atoms with E-state index in [1.54, 1.807) is 0 Å². The summed E-state index contributed by atoms with van der Waals surface area (Å²) in [6.07, 6.45) is 6.59. The topological polar surface area (TPSA) is 43.4 Å². The molecule has 0 radical (unpaired) electrons. The third kappa shape index (κ3) is 4.75. The third-order valence-corrected chi connectivity index (χ3v) is 4.82. The predicted octanol–water partition coefficient (Wildman–Crippen LogP) is 4.14. The molecule has 0 saturated heterocycles. The summed E-state index contributed by atoms with van der Waals surface area (Å²) in [7, 11) is 0. The van der Waals surface area contributed by atoms with Gasteiger partial charge in [-0.1, -0.05) is 19.3 Å². The zero-order valence-corrected chi connectivity index (χ0v) is 12.8. The highest BCUT2D eigenvalue weighted by Crippen LogP contribution is 2.24. The molecule has 0 bridgehead atoms. The lowest BCUT2D eigenvalue weighted by atomic mass is 9.90. The van der Waals surface area contributed by atoms with E-state index in [0.717, 1.165) is 9.75 Å². The Balaban J connectivity index is 1.65. The van der Waals surface area contributed by atoms with E-state index in [1.807, 2.05) is 19.1 Å². The first kappa shape index (κ1) is 15.2. The number of thiophene rings is 1. The van der Waals surface area contributed by atoms with Gasteiger partial charge in [0, 0.05) is 11.3 Å². The zero-order valence-electron chi connectivity index (χ0n) is 12.0. The van der Waals surface area contributed by atoms with Crippen molar-refractivity contribution in [1.29, 1.82) is 0 Å². The van der Waals surface area contributed by atoms with Crippen molar-refractivity contribution in [3.63, 3.8) is 0 Å². The van der Waals surface area contributed by atoms with Crippen LogP contribution in [-0.2, 0) is 9.53 Å². The molecule has 110 valence electrons. The normalized spacial score (nSPS) is 16.1. The minimum Gasteiger partial charge on any atom is -0.465 e. The SMILES string of the molecule is Cc1ccc(C(=O)CCC(=O)OCC2CCCCC2)s1. The average molecular weight is 294 g/mol. The fraction of sp³-hybridized carbons (Fsp3) is 0.625. The molecule has 0 amide bonds. The highest BCUT2D eigenvalue weighted by Gasteiger charge is 2.16. The van der Waals surface area contributed by atoms with Crippen molar-refractivity contribution in [1.82, 2.24) is 0 Å². The van der Waals surface area contributed by atoms with Gasteiger partial charge in [-0.15, -0.1) is 11.3 Å². The lowest BCUT2D eigenvalue weighted by Crippen LogP contribution is -2.17. The maximum Gasteiger partial charge on any atom is 0.306 e. The van der Waals surface area contributed by atoms with E-state index in [1.165, 1.54) is 43.4 Å². The molecular formula is C16H22O3S. The minimum atomic E-state index is -0.239. The van der Waals surface area contributed by atoms with Gasteiger partial charge in [-0.25, -0.2) is 0 Å². The number of Topliss-reactive ketones (excluding diaryl/α,β-unsaturated/α-hetero) is 1. The standard InChI is InChI=1S/C16H22O3S/c1-12-7-9-15(20-12)14(17)8-10-16(18)19-11-13-5-3-2-4-6-13/h7,9,13H,2-6,8,10-11H2,1H3. The number of carbonyl (C=O) groups excluding carboxylic acids is 2. The average Bonchev–Trinajstić information content (AvgIpc) is 2.90. The summed E-state index contributed by atoms with van der Waals surface area (Å²) < 4.78 is 5.29. The van der Waals surface area contributed by atoms with E-state index in [4.69, 9.17) is 4.74 Å². The zero-order chi connectivity index (χ0) is 14.4. The number of carbonyl (C=O) groups is 2. The number of ketones is 1. The number of hydrogen-bond acceptors (Lipinski definition) is 4. The summed E-state index contributed by atoms with van der Waals surface area (Å²) in [5, 5.41) is 0. The highest BCUT2D eigenvalue weighted by atomic mass is 32.1. The van der Waals surface area contributed by atoms with Gasteiger partial charge in [-0.05, 0) is 37.8 Å². The largest absolute Gasteiger partial charge is 0.465 e. The molecule has 0 aromatic carbocycles. The molecule has 1 aliphatic carbocycles. The molecule has 1 aromatic heterocycles. The van der Waals surface area contributed by atoms with Crippen LogP contribution >= 0.6 is 11.3 Å². The van der Waals surface area contributed by atoms with Crippen molar-refractivity contribution >= 4 is 23.1 Å². The summed E-state index contributed by atoms with van der Waals surface area (Å²) in [6.45, 7) is 2.50. The summed E-state index contributed by atoms with van der Waals surface area (Å²) in [5.41, 5.74) is 0. The lowest BCUT2D eigenvalue weighted by Gasteiger charge is -2.20. The van der Waals surface area contributed by atoms with E-state index < -0.39 is 0 Å². The third-order valence-electron chi connectivity index (χ3n) is 3.78. The second-order valence-electron chi connectivity index (χ2n) is 5.52. The molecule has 0 aliphatic heterocycles. The number of rotatable bonds is 6. The van der Waals surface area contributed by atoms with Crippen LogP contribution in [0, 0.1) is 12.8 Å². The smallest absolute Gasteiger partial charge is 0.306 e. The molecule has 2 rings (SSSR count). The van der Waals surface area contributed by atoms with E-state index in [9.17, 15) is 9.59 Å². The van der Waals surface area contributed by atoms with Crippen molar-refractivity contribution in [3.8, 4) is 0 Å². The van der Waals surface area contributed by atoms with Crippen LogP contribution in [0.4, 0.5) is 0 Å². The highest BCUT2D eigenvalue weighted by molar-refractivity contribution is 7.14. The number of aryl methyl sites for hydroxylation is 1. The van der Waals surface area contributed by atoms with Gasteiger partial charge in [-0.3, -0.25) is 9.59 Å². The van der Waals surface area contributed by atoms with Crippen LogP contribution in [0.1, 0.15) is 59.5 Å². The van der Waals surface area contributed by atoms with E-state index in [0.29, 0.717) is 12.5 Å². The molecule has 1 fully saturated rings. The van der Waals surface area contributed by atoms with Gasteiger partial charge < -0.3 is 4.74 Å². The number of esters is 1. The second-order valence-corrected chi connectivity index (χ2v) is 6.81. The van der Waals surface area contributed by atoms with Crippen molar-refractivity contribution in [3.05, 3.63) is 21.9 Å². The quantitative estimate of drug-likeness (QED) is 0.585. The van der Waals surface area contributed by atoms with Gasteiger partial charge >= 0.3 is 5.97 Å². The van der Waals surface area contributed by atoms with Crippen LogP contribution in [0.15, 0.2) is 12.1 Å². The van der Waals surface area contributed by atoms with E-state index in [2.05, 4.69) is 0 Å². The molecule has 20 heavy (non-hydrogen) atoms. The molecule has 1 saturated carbocycles. The first-order chi connectivity index (χ1) is 9.65. The molecule has 1 aromatic rings. The fourth-order valence-electron chi connectivity index (χ4n) is 2.56. The molecule has 0 spiro atoms. The van der Waals surface area contributed by atoms with Gasteiger partial charge in [0.15, 0.2) is 5.78 Å². The van der Waals surface area contributed by atoms with Gasteiger partial charge in [-0.2, -0.15) is 0 Å². The van der Waals surface area contributed by atoms with Gasteiger partial charge in [0.2, 0.25) is 0 Å². The Morgan fingerprint density at radius 3 is 2.60 bits per heavy atom. The number of hydrogen-bond donors (Lipinski definition) is 0. The van der Waals surface area contributed by atoms with Crippen molar-refractivity contribution < 1.29 is 14.3 Å². The molecule has 0 unspecified atom stereocenters. The first-order valence-corrected chi connectivity index (χ1v) is 8.22. The van der Waals surface area contributed by atoms with Gasteiger partial charge in [0.1, 0.15) is 0 Å². The van der Waals surface area contributed by atoms with Crippen LogP contribution in [-0.4, -0.2) is 18.4 Å². The molecule has 0 atom stereocenters. The fourth-order valence-corrected chi connectivity index (χ4v) is 3.39. The lowest BCUT2D eigenvalue weighted by molar-refractivity contribution is -0.145. The Bertz CT molecular complexity index is 458. The van der Waals surface area contributed by atoms with Crippen LogP contribution in [0.2, 0.25) is 0 Å². The van der Waals surface area contributed by atoms with Crippen molar-refractivity contribution in [2.45, 2.75) is 51.9 Å². The van der Waals surface area contributed by atoms with Crippen LogP contribution < -0.4 is 0 Å². The Morgan fingerprint density at radius 2 is 1.95 bits per heavy atom. The molecule has 1 aliphatic rings. The Kier molecular flexibility index (Phi) is 5.77. The van der Waals surface area contributed by atoms with Crippen molar-refractivity contribution in [2.24, 2.45) is 5.92 Å². The summed E-state index contributed by atoms with van der Waals surface area (Å²) in [6, 6.07) is 3.76. The Hall–Kier alpha value is -1.16. The van der Waals surface area contributed by atoms with E-state index >= 15 is 0 Å². The van der Waals surface area contributed by atoms with Crippen LogP contribution in [0.25, 0.3) is 0 Å². The molecule has 0 N–H and O–H groups in total. The van der Waals surface area contributed by atoms with Crippen LogP contribution in [0.5, 0.6) is 0 Å². The molecular weight excluding hydrogens is 272 g/mol. The maximum absolute atomic E-state index is 11.9. The monoisotopic (exact) mass is 294 g/mol. The second kappa shape index (κ2) is 7.58. The summed E-state index contributed by atoms with van der Waals surface area (Å²) in [5.74, 6) is 0.332. The molecule has 4 heteroatoms. The minimum absolute atomic E-state index is 0.0396. The maximum atomic E-state index is 11.9. The first-order valence-electron chi connectivity index (χ1n) is 7.40. The summed E-state index contributed by atoms with van der Waals surface area (Å²) >= 11 is 1.48. The van der Waals surface area contributed by atoms with Crippen LogP contribution in [0.3, 0.4) is 0 Å². The molecule has 3 nitrogen and oxygen atoms in total. The summed E-state index contributed by atoms with van der Waals surface area (Å²) in [4.78, 5) is 25.4.